The molecule has 16 heavy (non-hydrogen) atoms. The first-order valence-corrected chi connectivity index (χ1v) is 6.45. The summed E-state index contributed by atoms with van der Waals surface area (Å²) in [6.07, 6.45) is 4.29. The van der Waals surface area contributed by atoms with Gasteiger partial charge in [0.25, 0.3) is 0 Å². The third-order valence-electron chi connectivity index (χ3n) is 3.63. The number of hydrogen-bond acceptors (Lipinski definition) is 4. The number of hydrogen-bond donors (Lipinski definition) is 1. The third kappa shape index (κ3) is 2.94. The van der Waals surface area contributed by atoms with Crippen LogP contribution in [0.5, 0.6) is 0 Å². The highest BCUT2D eigenvalue weighted by Crippen LogP contribution is 2.25. The van der Waals surface area contributed by atoms with Crippen LogP contribution in [0.15, 0.2) is 0 Å². The van der Waals surface area contributed by atoms with E-state index in [4.69, 9.17) is 14.6 Å². The minimum absolute atomic E-state index is 0.0475. The molecular formula is C12H23NO3. The van der Waals surface area contributed by atoms with Crippen molar-refractivity contribution >= 4 is 0 Å². The molecule has 0 aromatic carbocycles. The molecule has 4 heteroatoms. The van der Waals surface area contributed by atoms with Crippen molar-refractivity contribution in [3.63, 3.8) is 0 Å². The van der Waals surface area contributed by atoms with Gasteiger partial charge < -0.3 is 19.5 Å². The van der Waals surface area contributed by atoms with Crippen molar-refractivity contribution in [3.05, 3.63) is 0 Å². The fourth-order valence-corrected chi connectivity index (χ4v) is 2.73. The van der Waals surface area contributed by atoms with Gasteiger partial charge in [-0.3, -0.25) is 0 Å². The molecule has 0 aromatic rings. The molecule has 0 bridgehead atoms. The molecule has 2 fully saturated rings. The average molecular weight is 229 g/mol. The maximum atomic E-state index is 8.83. The van der Waals surface area contributed by atoms with Gasteiger partial charge in [0.2, 0.25) is 0 Å². The molecule has 2 saturated heterocycles. The summed E-state index contributed by atoms with van der Waals surface area (Å²) >= 11 is 0. The van der Waals surface area contributed by atoms with Crippen LogP contribution in [0.1, 0.15) is 32.6 Å². The van der Waals surface area contributed by atoms with Gasteiger partial charge in [-0.2, -0.15) is 0 Å². The molecule has 2 aliphatic rings. The number of rotatable bonds is 5. The van der Waals surface area contributed by atoms with Crippen molar-refractivity contribution in [2.75, 3.05) is 26.3 Å². The fraction of sp³-hybridized carbons (Fsp3) is 1.00. The zero-order valence-electron chi connectivity index (χ0n) is 10.1. The summed E-state index contributed by atoms with van der Waals surface area (Å²) in [5, 5.41) is 8.83. The number of likely N-dealkylation sites (tertiary alicyclic amines) is 1. The van der Waals surface area contributed by atoms with E-state index >= 15 is 0 Å². The van der Waals surface area contributed by atoms with Crippen LogP contribution in [0.3, 0.4) is 0 Å². The standard InChI is InChI=1S/C12H23NO3/c1-2-13-6-3-4-10(13)8-12-15-9-11(16-12)5-7-14/h10-12,14H,2-9H2,1H3. The molecule has 4 nitrogen and oxygen atoms in total. The van der Waals surface area contributed by atoms with Gasteiger partial charge in [-0.15, -0.1) is 0 Å². The lowest BCUT2D eigenvalue weighted by atomic mass is 10.1. The van der Waals surface area contributed by atoms with E-state index in [1.165, 1.54) is 19.4 Å². The molecule has 0 radical (unpaired) electrons. The van der Waals surface area contributed by atoms with Crippen LogP contribution in [0.2, 0.25) is 0 Å². The number of nitrogens with zero attached hydrogens (tertiary/aromatic N) is 1. The number of aliphatic hydroxyl groups excluding tert-OH is 1. The van der Waals surface area contributed by atoms with Crippen molar-refractivity contribution < 1.29 is 14.6 Å². The summed E-state index contributed by atoms with van der Waals surface area (Å²) in [7, 11) is 0. The lowest BCUT2D eigenvalue weighted by molar-refractivity contribution is -0.0752. The Bertz CT molecular complexity index is 212. The van der Waals surface area contributed by atoms with E-state index in [0.29, 0.717) is 19.1 Å². The van der Waals surface area contributed by atoms with E-state index in [1.807, 2.05) is 0 Å². The van der Waals surface area contributed by atoms with E-state index in [2.05, 4.69) is 11.8 Å². The van der Waals surface area contributed by atoms with E-state index in [0.717, 1.165) is 13.0 Å². The molecular weight excluding hydrogens is 206 g/mol. The van der Waals surface area contributed by atoms with E-state index in [-0.39, 0.29) is 19.0 Å². The van der Waals surface area contributed by atoms with Crippen LogP contribution in [-0.2, 0) is 9.47 Å². The molecule has 2 rings (SSSR count). The van der Waals surface area contributed by atoms with Gasteiger partial charge in [0.05, 0.1) is 12.7 Å². The summed E-state index contributed by atoms with van der Waals surface area (Å²) in [5.41, 5.74) is 0. The highest BCUT2D eigenvalue weighted by atomic mass is 16.7. The summed E-state index contributed by atoms with van der Waals surface area (Å²) in [5.74, 6) is 0. The monoisotopic (exact) mass is 229 g/mol. The molecule has 2 aliphatic heterocycles. The second-order valence-electron chi connectivity index (χ2n) is 4.69. The van der Waals surface area contributed by atoms with Gasteiger partial charge in [-0.1, -0.05) is 6.92 Å². The first-order valence-electron chi connectivity index (χ1n) is 6.45. The minimum atomic E-state index is -0.0475. The first kappa shape index (κ1) is 12.3. The maximum Gasteiger partial charge on any atom is 0.159 e. The SMILES string of the molecule is CCN1CCCC1CC1OCC(CCO)O1. The zero-order valence-corrected chi connectivity index (χ0v) is 10.1. The highest BCUT2D eigenvalue weighted by Gasteiger charge is 2.31. The molecule has 2 heterocycles. The van der Waals surface area contributed by atoms with Crippen molar-refractivity contribution in [2.45, 2.75) is 51.0 Å². The Balaban J connectivity index is 1.74. The van der Waals surface area contributed by atoms with Crippen molar-refractivity contribution in [1.29, 1.82) is 0 Å². The molecule has 0 aliphatic carbocycles. The van der Waals surface area contributed by atoms with Crippen LogP contribution in [0.25, 0.3) is 0 Å². The van der Waals surface area contributed by atoms with Gasteiger partial charge in [0, 0.05) is 19.1 Å². The number of aliphatic hydroxyl groups is 1. The Hall–Kier alpha value is -0.160. The maximum absolute atomic E-state index is 8.83. The molecule has 0 amide bonds. The number of ether oxygens (including phenoxy) is 2. The van der Waals surface area contributed by atoms with Crippen molar-refractivity contribution in [1.82, 2.24) is 4.90 Å². The van der Waals surface area contributed by atoms with E-state index in [1.54, 1.807) is 0 Å². The van der Waals surface area contributed by atoms with E-state index in [9.17, 15) is 0 Å². The molecule has 0 saturated carbocycles. The quantitative estimate of drug-likeness (QED) is 0.763. The summed E-state index contributed by atoms with van der Waals surface area (Å²) in [6.45, 7) is 5.38. The molecule has 94 valence electrons. The normalized spacial score (nSPS) is 36.0. The van der Waals surface area contributed by atoms with Gasteiger partial charge in [0.15, 0.2) is 6.29 Å². The Labute approximate surface area is 97.5 Å². The first-order chi connectivity index (χ1) is 7.83. The Morgan fingerprint density at radius 2 is 2.31 bits per heavy atom. The lowest BCUT2D eigenvalue weighted by Gasteiger charge is -2.24. The molecule has 0 spiro atoms. The van der Waals surface area contributed by atoms with Crippen LogP contribution in [0, 0.1) is 0 Å². The fourth-order valence-electron chi connectivity index (χ4n) is 2.73. The summed E-state index contributed by atoms with van der Waals surface area (Å²) in [4.78, 5) is 2.51. The third-order valence-corrected chi connectivity index (χ3v) is 3.63. The molecule has 1 N–H and O–H groups in total. The van der Waals surface area contributed by atoms with Gasteiger partial charge in [0.1, 0.15) is 0 Å². The zero-order chi connectivity index (χ0) is 11.4. The van der Waals surface area contributed by atoms with Crippen LogP contribution in [0.4, 0.5) is 0 Å². The predicted molar refractivity (Wildman–Crippen MR) is 61.2 cm³/mol. The van der Waals surface area contributed by atoms with E-state index < -0.39 is 0 Å². The van der Waals surface area contributed by atoms with Crippen LogP contribution in [-0.4, -0.2) is 54.7 Å². The summed E-state index contributed by atoms with van der Waals surface area (Å²) in [6, 6.07) is 0.628. The van der Waals surface area contributed by atoms with Gasteiger partial charge in [-0.05, 0) is 32.4 Å². The second-order valence-corrected chi connectivity index (χ2v) is 4.69. The summed E-state index contributed by atoms with van der Waals surface area (Å²) < 4.78 is 11.4. The molecule has 3 unspecified atom stereocenters. The largest absolute Gasteiger partial charge is 0.396 e. The Morgan fingerprint density at radius 1 is 1.44 bits per heavy atom. The van der Waals surface area contributed by atoms with Crippen molar-refractivity contribution in [2.24, 2.45) is 0 Å². The predicted octanol–water partition coefficient (Wildman–Crippen LogP) is 0.985. The topological polar surface area (TPSA) is 41.9 Å². The van der Waals surface area contributed by atoms with Gasteiger partial charge >= 0.3 is 0 Å². The molecule has 3 atom stereocenters. The van der Waals surface area contributed by atoms with Crippen LogP contribution >= 0.6 is 0 Å². The smallest absolute Gasteiger partial charge is 0.159 e. The van der Waals surface area contributed by atoms with Gasteiger partial charge in [-0.25, -0.2) is 0 Å². The Morgan fingerprint density at radius 3 is 3.06 bits per heavy atom. The minimum Gasteiger partial charge on any atom is -0.396 e. The average Bonchev–Trinajstić information content (AvgIpc) is 2.89. The van der Waals surface area contributed by atoms with Crippen LogP contribution < -0.4 is 0 Å². The second kappa shape index (κ2) is 5.96. The highest BCUT2D eigenvalue weighted by molar-refractivity contribution is 4.80. The lowest BCUT2D eigenvalue weighted by Crippen LogP contribution is -2.32. The van der Waals surface area contributed by atoms with Crippen molar-refractivity contribution in [3.8, 4) is 0 Å². The molecule has 0 aromatic heterocycles. The Kier molecular flexibility index (Phi) is 4.58.